The number of pyridine rings is 1. The minimum absolute atomic E-state index is 0.536. The molecule has 3 rings (SSSR count). The summed E-state index contributed by atoms with van der Waals surface area (Å²) >= 11 is 3.33. The number of fused-ring (bicyclic) bond motifs is 1. The molecule has 0 aliphatic rings. The zero-order valence-corrected chi connectivity index (χ0v) is 17.9. The Kier molecular flexibility index (Phi) is 6.00. The Labute approximate surface area is 163 Å². The van der Waals surface area contributed by atoms with Crippen LogP contribution in [0.25, 0.3) is 11.0 Å². The van der Waals surface area contributed by atoms with Gasteiger partial charge in [-0.05, 0) is 52.3 Å². The van der Waals surface area contributed by atoms with Gasteiger partial charge in [0.05, 0.1) is 23.0 Å². The summed E-state index contributed by atoms with van der Waals surface area (Å²) in [6, 6.07) is 11.0. The lowest BCUT2D eigenvalue weighted by Crippen LogP contribution is -2.21. The molecule has 0 unspecified atom stereocenters. The Morgan fingerprint density at radius 1 is 1.19 bits per heavy atom. The van der Waals surface area contributed by atoms with Crippen molar-refractivity contribution >= 4 is 46.9 Å². The maximum absolute atomic E-state index is 5.82. The van der Waals surface area contributed by atoms with Gasteiger partial charge in [-0.3, -0.25) is 4.99 Å². The van der Waals surface area contributed by atoms with Crippen LogP contribution >= 0.6 is 15.9 Å². The number of hydrogen-bond acceptors (Lipinski definition) is 4. The number of halogens is 1. The third kappa shape index (κ3) is 5.33. The molecule has 1 aromatic carbocycles. The second-order valence-electron chi connectivity index (χ2n) is 7.41. The third-order valence-electron chi connectivity index (χ3n) is 3.94. The maximum atomic E-state index is 5.82. The lowest BCUT2D eigenvalue weighted by atomic mass is 10.2. The van der Waals surface area contributed by atoms with Gasteiger partial charge in [0.15, 0.2) is 0 Å². The molecule has 26 heavy (non-hydrogen) atoms. The summed E-state index contributed by atoms with van der Waals surface area (Å²) in [6.07, 6.45) is 5.40. The van der Waals surface area contributed by atoms with Gasteiger partial charge in [-0.2, -0.15) is 0 Å². The summed E-state index contributed by atoms with van der Waals surface area (Å²) in [7, 11) is -1.05. The summed E-state index contributed by atoms with van der Waals surface area (Å²) in [6.45, 7) is 8.41. The fraction of sp³-hybridized carbons (Fsp3) is 0.316. The van der Waals surface area contributed by atoms with E-state index in [0.29, 0.717) is 6.73 Å². The summed E-state index contributed by atoms with van der Waals surface area (Å²) in [5.41, 5.74) is 3.80. The van der Waals surface area contributed by atoms with Crippen LogP contribution in [0.5, 0.6) is 0 Å². The molecule has 0 N–H and O–H groups in total. The van der Waals surface area contributed by atoms with Crippen molar-refractivity contribution in [2.45, 2.75) is 32.4 Å². The number of benzene rings is 1. The van der Waals surface area contributed by atoms with E-state index in [4.69, 9.17) is 4.74 Å². The number of imidazole rings is 1. The molecule has 0 saturated heterocycles. The average molecular weight is 431 g/mol. The second-order valence-corrected chi connectivity index (χ2v) is 13.8. The highest BCUT2D eigenvalue weighted by Crippen LogP contribution is 2.21. The molecule has 0 spiro atoms. The van der Waals surface area contributed by atoms with E-state index in [1.54, 1.807) is 12.4 Å². The minimum Gasteiger partial charge on any atom is -0.361 e. The molecule has 0 radical (unpaired) electrons. The van der Waals surface area contributed by atoms with Crippen molar-refractivity contribution < 1.29 is 4.74 Å². The monoisotopic (exact) mass is 430 g/mol. The van der Waals surface area contributed by atoms with Gasteiger partial charge in [0, 0.05) is 32.7 Å². The first kappa shape index (κ1) is 18.9. The predicted octanol–water partition coefficient (Wildman–Crippen LogP) is 5.26. The van der Waals surface area contributed by atoms with Crippen LogP contribution in [0, 0.1) is 0 Å². The van der Waals surface area contributed by atoms with Crippen molar-refractivity contribution in [2.75, 3.05) is 6.61 Å². The molecule has 2 aromatic heterocycles. The Morgan fingerprint density at radius 2 is 2.04 bits per heavy atom. The topological polar surface area (TPSA) is 52.3 Å². The van der Waals surface area contributed by atoms with Crippen LogP contribution in [0.2, 0.25) is 25.7 Å². The molecule has 5 nitrogen and oxygen atoms in total. The Hall–Kier alpha value is -1.83. The molecule has 7 heteroatoms. The summed E-state index contributed by atoms with van der Waals surface area (Å²) in [5, 5.41) is 0. The number of rotatable bonds is 7. The number of aromatic nitrogens is 3. The van der Waals surface area contributed by atoms with E-state index in [1.807, 2.05) is 41.2 Å². The zero-order valence-electron chi connectivity index (χ0n) is 15.3. The van der Waals surface area contributed by atoms with Crippen molar-refractivity contribution in [3.63, 3.8) is 0 Å². The highest BCUT2D eigenvalue weighted by molar-refractivity contribution is 9.10. The smallest absolute Gasteiger partial charge is 0.124 e. The van der Waals surface area contributed by atoms with Gasteiger partial charge in [0.25, 0.3) is 0 Å². The normalized spacial score (nSPS) is 12.3. The van der Waals surface area contributed by atoms with E-state index in [0.717, 1.165) is 33.5 Å². The molecule has 0 bridgehead atoms. The molecule has 0 aliphatic carbocycles. The van der Waals surface area contributed by atoms with E-state index in [2.05, 4.69) is 50.5 Å². The van der Waals surface area contributed by atoms with Crippen LogP contribution in [-0.4, -0.2) is 35.4 Å². The van der Waals surface area contributed by atoms with E-state index in [1.165, 1.54) is 6.04 Å². The summed E-state index contributed by atoms with van der Waals surface area (Å²) in [4.78, 5) is 13.2. The predicted molar refractivity (Wildman–Crippen MR) is 113 cm³/mol. The van der Waals surface area contributed by atoms with Crippen LogP contribution in [0.1, 0.15) is 5.56 Å². The zero-order chi connectivity index (χ0) is 18.6. The van der Waals surface area contributed by atoms with Crippen LogP contribution < -0.4 is 0 Å². The molecular weight excluding hydrogens is 408 g/mol. The lowest BCUT2D eigenvalue weighted by Gasteiger charge is -2.15. The number of aliphatic imine (C=N–C) groups is 1. The van der Waals surface area contributed by atoms with Crippen LogP contribution in [0.3, 0.4) is 0 Å². The molecule has 0 saturated carbocycles. The number of nitrogens with zero attached hydrogens (tertiary/aromatic N) is 4. The third-order valence-corrected chi connectivity index (χ3v) is 6.12. The van der Waals surface area contributed by atoms with Gasteiger partial charge in [-0.1, -0.05) is 19.6 Å². The fourth-order valence-corrected chi connectivity index (χ4v) is 3.38. The SMILES string of the molecule is C[Si](C)(C)CCOCn1cnc2cc(N=Cc3ccc(Br)nc3)ccc21. The first-order valence-electron chi connectivity index (χ1n) is 8.59. The minimum atomic E-state index is -1.05. The molecule has 2 heterocycles. The molecule has 3 aromatic rings. The molecule has 0 amide bonds. The van der Waals surface area contributed by atoms with Gasteiger partial charge >= 0.3 is 0 Å². The van der Waals surface area contributed by atoms with Gasteiger partial charge in [-0.25, -0.2) is 9.97 Å². The van der Waals surface area contributed by atoms with Crippen LogP contribution in [0.15, 0.2) is 52.5 Å². The van der Waals surface area contributed by atoms with Crippen molar-refractivity contribution in [3.05, 3.63) is 53.0 Å². The highest BCUT2D eigenvalue weighted by Gasteiger charge is 2.12. The Morgan fingerprint density at radius 3 is 2.77 bits per heavy atom. The molecule has 0 atom stereocenters. The number of ether oxygens (including phenoxy) is 1. The van der Waals surface area contributed by atoms with Crippen molar-refractivity contribution in [3.8, 4) is 0 Å². The van der Waals surface area contributed by atoms with Crippen molar-refractivity contribution in [1.29, 1.82) is 0 Å². The fourth-order valence-electron chi connectivity index (χ4n) is 2.39. The molecule has 0 fully saturated rings. The number of hydrogen-bond donors (Lipinski definition) is 0. The Balaban J connectivity index is 1.65. The van der Waals surface area contributed by atoms with Crippen molar-refractivity contribution in [2.24, 2.45) is 4.99 Å². The standard InChI is InChI=1S/C19H23BrN4OSi/c1-26(2,3)9-8-25-14-24-13-23-17-10-16(5-6-18(17)24)21-11-15-4-7-19(20)22-12-15/h4-7,10-13H,8-9,14H2,1-3H3. The van der Waals surface area contributed by atoms with E-state index >= 15 is 0 Å². The van der Waals surface area contributed by atoms with Gasteiger partial charge in [-0.15, -0.1) is 0 Å². The molecular formula is C19H23BrN4OSi. The first-order chi connectivity index (χ1) is 12.4. The van der Waals surface area contributed by atoms with Crippen LogP contribution in [-0.2, 0) is 11.5 Å². The highest BCUT2D eigenvalue weighted by atomic mass is 79.9. The van der Waals surface area contributed by atoms with Crippen LogP contribution in [0.4, 0.5) is 5.69 Å². The van der Waals surface area contributed by atoms with E-state index < -0.39 is 8.07 Å². The second kappa shape index (κ2) is 8.24. The maximum Gasteiger partial charge on any atom is 0.124 e. The van der Waals surface area contributed by atoms with E-state index in [-0.39, 0.29) is 0 Å². The van der Waals surface area contributed by atoms with Gasteiger partial charge < -0.3 is 9.30 Å². The van der Waals surface area contributed by atoms with Gasteiger partial charge in [0.1, 0.15) is 11.3 Å². The lowest BCUT2D eigenvalue weighted by molar-refractivity contribution is 0.0898. The summed E-state index contributed by atoms with van der Waals surface area (Å²) in [5.74, 6) is 0. The average Bonchev–Trinajstić information content (AvgIpc) is 3.00. The summed E-state index contributed by atoms with van der Waals surface area (Å²) < 4.78 is 8.67. The van der Waals surface area contributed by atoms with Gasteiger partial charge in [0.2, 0.25) is 0 Å². The molecule has 0 aliphatic heterocycles. The molecule has 136 valence electrons. The van der Waals surface area contributed by atoms with E-state index in [9.17, 15) is 0 Å². The van der Waals surface area contributed by atoms with Crippen molar-refractivity contribution in [1.82, 2.24) is 14.5 Å². The quantitative estimate of drug-likeness (QED) is 0.222. The largest absolute Gasteiger partial charge is 0.361 e. The Bertz CT molecular complexity index is 900. The first-order valence-corrected chi connectivity index (χ1v) is 13.1.